The first-order valence-electron chi connectivity index (χ1n) is 26.3. The first-order chi connectivity index (χ1) is 32.4. The van der Waals surface area contributed by atoms with Crippen molar-refractivity contribution in [2.75, 3.05) is 22.9 Å². The molecule has 2 aliphatic rings. The van der Waals surface area contributed by atoms with E-state index in [-0.39, 0.29) is 5.66 Å². The Morgan fingerprint density at radius 2 is 0.879 bits per heavy atom. The van der Waals surface area contributed by atoms with Crippen molar-refractivity contribution in [1.82, 2.24) is 0 Å². The summed E-state index contributed by atoms with van der Waals surface area (Å²) >= 11 is 13.0. The third-order valence-electron chi connectivity index (χ3n) is 14.8. The van der Waals surface area contributed by atoms with E-state index in [4.69, 9.17) is 33.4 Å². The minimum atomic E-state index is 0.00440. The van der Waals surface area contributed by atoms with Gasteiger partial charge in [0.15, 0.2) is 0 Å². The molecule has 0 atom stereocenters. The Labute approximate surface area is 408 Å². The van der Waals surface area contributed by atoms with Gasteiger partial charge >= 0.3 is 0 Å². The van der Waals surface area contributed by atoms with Crippen LogP contribution < -0.4 is 9.80 Å². The average molecular weight is 930 g/mol. The fourth-order valence-corrected chi connectivity index (χ4v) is 11.2. The van der Waals surface area contributed by atoms with E-state index in [2.05, 4.69) is 83.3 Å². The second-order valence-electron chi connectivity index (χ2n) is 19.7. The molecule has 7 rings (SSSR count). The normalized spacial score (nSPS) is 17.5. The number of hydrogen-bond donors (Lipinski definition) is 0. The molecule has 0 amide bonds. The van der Waals surface area contributed by atoms with Gasteiger partial charge in [0.05, 0.1) is 27.1 Å². The molecular weight excluding hydrogens is 852 g/mol. The van der Waals surface area contributed by atoms with E-state index in [0.717, 1.165) is 52.4 Å². The van der Waals surface area contributed by atoms with Gasteiger partial charge in [0.1, 0.15) is 11.4 Å². The van der Waals surface area contributed by atoms with Crippen LogP contribution in [0.2, 0.25) is 10.0 Å². The zero-order valence-corrected chi connectivity index (χ0v) is 42.4. The molecule has 5 aromatic carbocycles. The minimum absolute atomic E-state index is 0.00440. The third-order valence-corrected chi connectivity index (χ3v) is 15.7. The topological polar surface area (TPSA) is 55.9 Å². The molecule has 5 aromatic rings. The van der Waals surface area contributed by atoms with Crippen LogP contribution in [0.3, 0.4) is 0 Å². The molecule has 1 aliphatic heterocycles. The maximum absolute atomic E-state index is 6.54. The Morgan fingerprint density at radius 1 is 0.470 bits per heavy atom. The van der Waals surface area contributed by atoms with E-state index in [0.29, 0.717) is 15.7 Å². The fraction of sp³-hybridized carbons (Fsp3) is 0.552. The molecule has 0 N–H and O–H groups in total. The number of unbranched alkanes of at least 4 members (excludes halogenated alkanes) is 18. The number of aryl methyl sites for hydroxylation is 1. The van der Waals surface area contributed by atoms with Crippen LogP contribution in [0.1, 0.15) is 180 Å². The van der Waals surface area contributed by atoms with Gasteiger partial charge in [0.25, 0.3) is 0 Å². The Morgan fingerprint density at radius 3 is 1.39 bits per heavy atom. The molecule has 0 bridgehead atoms. The van der Waals surface area contributed by atoms with E-state index >= 15 is 0 Å². The van der Waals surface area contributed by atoms with E-state index in [1.807, 2.05) is 43.3 Å². The Kier molecular flexibility index (Phi) is 19.2. The third kappa shape index (κ3) is 12.4. The van der Waals surface area contributed by atoms with Gasteiger partial charge in [-0.25, -0.2) is 0 Å². The zero-order chi connectivity index (χ0) is 46.1. The second kappa shape index (κ2) is 25.4. The molecule has 1 spiro atoms. The second-order valence-corrected chi connectivity index (χ2v) is 20.5. The van der Waals surface area contributed by atoms with E-state index in [1.165, 1.54) is 176 Å². The highest BCUT2D eigenvalue weighted by Gasteiger charge is 2.48. The lowest BCUT2D eigenvalue weighted by atomic mass is 9.78. The lowest BCUT2D eigenvalue weighted by Crippen LogP contribution is -2.65. The van der Waals surface area contributed by atoms with Crippen molar-refractivity contribution < 1.29 is 0 Å². The van der Waals surface area contributed by atoms with Gasteiger partial charge in [-0.15, -0.1) is 20.5 Å². The monoisotopic (exact) mass is 929 g/mol. The summed E-state index contributed by atoms with van der Waals surface area (Å²) in [5.41, 5.74) is 6.65. The van der Waals surface area contributed by atoms with Crippen LogP contribution in [0.25, 0.3) is 21.5 Å². The molecule has 1 saturated carbocycles. The number of hydrogen-bond acceptors (Lipinski definition) is 6. The van der Waals surface area contributed by atoms with Crippen LogP contribution in [-0.2, 0) is 0 Å². The Hall–Kier alpha value is -4.00. The Balaban J connectivity index is 1.16. The smallest absolute Gasteiger partial charge is 0.113 e. The number of azo groups is 2. The van der Waals surface area contributed by atoms with Gasteiger partial charge < -0.3 is 9.80 Å². The summed E-state index contributed by atoms with van der Waals surface area (Å²) in [6.07, 6.45) is 32.1. The van der Waals surface area contributed by atoms with Crippen molar-refractivity contribution in [3.8, 4) is 0 Å². The SMILES string of the molecule is CCCCCCCCCCCCN1c2cccc3c(N=Nc4ccc(N=Nc5ccc(C)c(Cl)c5Cl)c5ccccc45)ccc(c23)N(CCCCCCCCCCCC)C12CCC(C)CC2. The van der Waals surface area contributed by atoms with Gasteiger partial charge in [-0.2, -0.15) is 0 Å². The molecule has 6 nitrogen and oxygen atoms in total. The molecule has 354 valence electrons. The van der Waals surface area contributed by atoms with Crippen molar-refractivity contribution >= 4 is 78.9 Å². The molecular formula is C58H78Cl2N6. The number of halogens is 2. The molecule has 0 saturated heterocycles. The molecule has 8 heteroatoms. The first kappa shape index (κ1) is 49.9. The lowest BCUT2D eigenvalue weighted by Gasteiger charge is -2.59. The predicted octanol–water partition coefficient (Wildman–Crippen LogP) is 20.8. The number of rotatable bonds is 26. The molecule has 66 heavy (non-hydrogen) atoms. The lowest BCUT2D eigenvalue weighted by molar-refractivity contribution is 0.216. The van der Waals surface area contributed by atoms with Crippen molar-refractivity contribution in [2.45, 2.75) is 187 Å². The first-order valence-corrected chi connectivity index (χ1v) is 27.0. The van der Waals surface area contributed by atoms with Crippen LogP contribution in [0.5, 0.6) is 0 Å². The maximum atomic E-state index is 6.54. The van der Waals surface area contributed by atoms with Gasteiger partial charge in [0.2, 0.25) is 0 Å². The summed E-state index contributed by atoms with van der Waals surface area (Å²) in [7, 11) is 0. The van der Waals surface area contributed by atoms with Crippen molar-refractivity contribution in [3.05, 3.63) is 94.5 Å². The quantitative estimate of drug-likeness (QED) is 0.0410. The zero-order valence-electron chi connectivity index (χ0n) is 40.9. The van der Waals surface area contributed by atoms with Gasteiger partial charge in [-0.05, 0) is 93.3 Å². The van der Waals surface area contributed by atoms with E-state index < -0.39 is 0 Å². The number of fused-ring (bicyclic) bond motifs is 1. The number of nitrogens with zero attached hydrogens (tertiary/aromatic N) is 6. The highest BCUT2D eigenvalue weighted by molar-refractivity contribution is 6.44. The van der Waals surface area contributed by atoms with Crippen LogP contribution in [0, 0.1) is 12.8 Å². The van der Waals surface area contributed by atoms with E-state index in [1.54, 1.807) is 0 Å². The Bertz CT molecular complexity index is 2320. The molecule has 1 heterocycles. The summed E-state index contributed by atoms with van der Waals surface area (Å²) < 4.78 is 0. The largest absolute Gasteiger partial charge is 0.348 e. The van der Waals surface area contributed by atoms with Crippen LogP contribution in [0.4, 0.5) is 34.1 Å². The summed E-state index contributed by atoms with van der Waals surface area (Å²) in [5.74, 6) is 0.771. The summed E-state index contributed by atoms with van der Waals surface area (Å²) in [4.78, 5) is 5.80. The van der Waals surface area contributed by atoms with Crippen LogP contribution >= 0.6 is 23.2 Å². The fourth-order valence-electron chi connectivity index (χ4n) is 10.8. The molecule has 0 aromatic heterocycles. The molecule has 0 radical (unpaired) electrons. The molecule has 1 fully saturated rings. The summed E-state index contributed by atoms with van der Waals surface area (Å²) in [6, 6.07) is 27.5. The minimum Gasteiger partial charge on any atom is -0.348 e. The van der Waals surface area contributed by atoms with Crippen molar-refractivity contribution in [2.24, 2.45) is 26.4 Å². The standard InChI is InChI=1S/C58H78Cl2N6/c1-5-7-9-11-13-15-17-19-21-25-42-65-53-31-27-30-48-51(63-61-49-34-35-50(47-29-24-23-28-46(47)49)62-64-52-33-32-45(4)56(59)57(52)60)36-37-54(55(48)53)66(58(65)40-38-44(3)39-41-58)43-26-22-20-18-16-14-12-10-8-6-2/h23-24,27-37,44H,5-22,25-26,38-43H2,1-4H3. The number of benzene rings is 5. The van der Waals surface area contributed by atoms with Gasteiger partial charge in [-0.1, -0.05) is 202 Å². The molecule has 0 unspecified atom stereocenters. The van der Waals surface area contributed by atoms with Crippen molar-refractivity contribution in [1.29, 1.82) is 0 Å². The summed E-state index contributed by atoms with van der Waals surface area (Å²) in [6.45, 7) is 11.2. The predicted molar refractivity (Wildman–Crippen MR) is 286 cm³/mol. The van der Waals surface area contributed by atoms with Crippen molar-refractivity contribution in [3.63, 3.8) is 0 Å². The van der Waals surface area contributed by atoms with Crippen LogP contribution in [-0.4, -0.2) is 18.8 Å². The highest BCUT2D eigenvalue weighted by Crippen LogP contribution is 2.53. The number of anilines is 2. The van der Waals surface area contributed by atoms with Gasteiger partial charge in [0, 0.05) is 46.0 Å². The van der Waals surface area contributed by atoms with Crippen LogP contribution in [0.15, 0.2) is 99.3 Å². The maximum Gasteiger partial charge on any atom is 0.113 e. The highest BCUT2D eigenvalue weighted by atomic mass is 35.5. The molecule has 1 aliphatic carbocycles. The average Bonchev–Trinajstić information content (AvgIpc) is 3.34. The summed E-state index contributed by atoms with van der Waals surface area (Å²) in [5, 5.41) is 24.5. The van der Waals surface area contributed by atoms with E-state index in [9.17, 15) is 0 Å². The van der Waals surface area contributed by atoms with Gasteiger partial charge in [-0.3, -0.25) is 0 Å².